The van der Waals surface area contributed by atoms with Gasteiger partial charge in [0.05, 0.1) is 6.61 Å². The number of nitrogens with zero attached hydrogens (tertiary/aromatic N) is 1. The summed E-state index contributed by atoms with van der Waals surface area (Å²) in [4.78, 5) is 0. The van der Waals surface area contributed by atoms with E-state index in [1.807, 2.05) is 0 Å². The highest BCUT2D eigenvalue weighted by Crippen LogP contribution is 2.06. The quantitative estimate of drug-likeness (QED) is 0.597. The zero-order valence-corrected chi connectivity index (χ0v) is 5.09. The molecule has 0 saturated heterocycles. The number of aromatic nitrogens is 1. The van der Waals surface area contributed by atoms with Gasteiger partial charge in [-0.25, -0.2) is 0 Å². The lowest BCUT2D eigenvalue weighted by atomic mass is 10.4. The molecule has 0 fully saturated rings. The summed E-state index contributed by atoms with van der Waals surface area (Å²) in [6, 6.07) is 1.64. The van der Waals surface area contributed by atoms with Crippen LogP contribution in [0.4, 0.5) is 5.88 Å². The SMILES string of the molecule is CNc1cc(CO)no1. The summed E-state index contributed by atoms with van der Waals surface area (Å²) in [6.45, 7) is -0.0782. The van der Waals surface area contributed by atoms with Gasteiger partial charge in [-0.15, -0.1) is 0 Å². The van der Waals surface area contributed by atoms with Crippen molar-refractivity contribution in [3.05, 3.63) is 11.8 Å². The van der Waals surface area contributed by atoms with Crippen molar-refractivity contribution in [3.63, 3.8) is 0 Å². The second-order valence-electron chi connectivity index (χ2n) is 1.59. The minimum absolute atomic E-state index is 0.0782. The van der Waals surface area contributed by atoms with E-state index in [4.69, 9.17) is 5.11 Å². The molecule has 0 aliphatic heterocycles. The van der Waals surface area contributed by atoms with Crippen molar-refractivity contribution in [2.75, 3.05) is 12.4 Å². The fourth-order valence-corrected chi connectivity index (χ4v) is 0.504. The summed E-state index contributed by atoms with van der Waals surface area (Å²) in [6.07, 6.45) is 0. The minimum Gasteiger partial charge on any atom is -0.390 e. The molecule has 1 rings (SSSR count). The van der Waals surface area contributed by atoms with Crippen molar-refractivity contribution in [1.29, 1.82) is 0 Å². The van der Waals surface area contributed by atoms with Gasteiger partial charge in [-0.1, -0.05) is 5.16 Å². The van der Waals surface area contributed by atoms with E-state index in [0.29, 0.717) is 11.6 Å². The second-order valence-corrected chi connectivity index (χ2v) is 1.59. The third-order valence-electron chi connectivity index (χ3n) is 0.967. The van der Waals surface area contributed by atoms with Crippen LogP contribution in [0.2, 0.25) is 0 Å². The Labute approximate surface area is 52.5 Å². The van der Waals surface area contributed by atoms with E-state index in [1.165, 1.54) is 0 Å². The van der Waals surface area contributed by atoms with E-state index in [-0.39, 0.29) is 6.61 Å². The number of aliphatic hydroxyl groups is 1. The lowest BCUT2D eigenvalue weighted by Gasteiger charge is -1.83. The Morgan fingerprint density at radius 2 is 2.67 bits per heavy atom. The van der Waals surface area contributed by atoms with E-state index in [1.54, 1.807) is 13.1 Å². The molecular formula is C5H8N2O2. The van der Waals surface area contributed by atoms with Gasteiger partial charge in [0.1, 0.15) is 5.69 Å². The predicted octanol–water partition coefficient (Wildman–Crippen LogP) is 0.209. The maximum atomic E-state index is 8.50. The molecule has 1 aromatic rings. The predicted molar refractivity (Wildman–Crippen MR) is 32.0 cm³/mol. The van der Waals surface area contributed by atoms with Gasteiger partial charge in [0.15, 0.2) is 0 Å². The number of anilines is 1. The first-order chi connectivity index (χ1) is 4.36. The summed E-state index contributed by atoms with van der Waals surface area (Å²) in [5.41, 5.74) is 0.541. The molecule has 0 unspecified atom stereocenters. The van der Waals surface area contributed by atoms with Gasteiger partial charge >= 0.3 is 0 Å². The fourth-order valence-electron chi connectivity index (χ4n) is 0.504. The molecule has 0 spiro atoms. The molecule has 1 aromatic heterocycles. The first-order valence-corrected chi connectivity index (χ1v) is 2.61. The monoisotopic (exact) mass is 128 g/mol. The molecule has 2 N–H and O–H groups in total. The van der Waals surface area contributed by atoms with E-state index < -0.39 is 0 Å². The average Bonchev–Trinajstić information content (AvgIpc) is 2.34. The number of nitrogens with one attached hydrogen (secondary N) is 1. The zero-order valence-electron chi connectivity index (χ0n) is 5.09. The van der Waals surface area contributed by atoms with Gasteiger partial charge in [0.2, 0.25) is 5.88 Å². The number of rotatable bonds is 2. The lowest BCUT2D eigenvalue weighted by molar-refractivity contribution is 0.267. The van der Waals surface area contributed by atoms with Crippen molar-refractivity contribution in [3.8, 4) is 0 Å². The number of hydrogen-bond acceptors (Lipinski definition) is 4. The highest BCUT2D eigenvalue weighted by molar-refractivity contribution is 5.29. The smallest absolute Gasteiger partial charge is 0.224 e. The Kier molecular flexibility index (Phi) is 1.69. The highest BCUT2D eigenvalue weighted by atomic mass is 16.5. The van der Waals surface area contributed by atoms with E-state index in [0.717, 1.165) is 0 Å². The van der Waals surface area contributed by atoms with E-state index >= 15 is 0 Å². The first-order valence-electron chi connectivity index (χ1n) is 2.61. The molecule has 4 nitrogen and oxygen atoms in total. The standard InChI is InChI=1S/C5H8N2O2/c1-6-5-2-4(3-8)7-9-5/h2,6,8H,3H2,1H3. The normalized spacial score (nSPS) is 9.56. The molecule has 0 aromatic carbocycles. The van der Waals surface area contributed by atoms with Gasteiger partial charge in [-0.2, -0.15) is 0 Å². The van der Waals surface area contributed by atoms with Crippen LogP contribution in [-0.4, -0.2) is 17.3 Å². The second kappa shape index (κ2) is 2.50. The number of aliphatic hydroxyl groups excluding tert-OH is 1. The molecule has 0 saturated carbocycles. The Bertz CT molecular complexity index is 166. The number of hydrogen-bond donors (Lipinski definition) is 2. The molecule has 0 aliphatic carbocycles. The van der Waals surface area contributed by atoms with Gasteiger partial charge in [0, 0.05) is 13.1 Å². The van der Waals surface area contributed by atoms with Crippen LogP contribution in [0.1, 0.15) is 5.69 Å². The Hall–Kier alpha value is -1.03. The van der Waals surface area contributed by atoms with Crippen LogP contribution in [-0.2, 0) is 6.61 Å². The van der Waals surface area contributed by atoms with Gasteiger partial charge in [-0.05, 0) is 0 Å². The van der Waals surface area contributed by atoms with Gasteiger partial charge in [-0.3, -0.25) is 0 Å². The van der Waals surface area contributed by atoms with E-state index in [2.05, 4.69) is 15.0 Å². The third-order valence-corrected chi connectivity index (χ3v) is 0.967. The molecule has 0 atom stereocenters. The Balaban J connectivity index is 2.74. The van der Waals surface area contributed by atoms with Crippen molar-refractivity contribution in [2.45, 2.75) is 6.61 Å². The Morgan fingerprint density at radius 1 is 1.89 bits per heavy atom. The summed E-state index contributed by atoms with van der Waals surface area (Å²) in [7, 11) is 1.72. The summed E-state index contributed by atoms with van der Waals surface area (Å²) in [5.74, 6) is 0.569. The summed E-state index contributed by atoms with van der Waals surface area (Å²) < 4.78 is 4.68. The molecule has 1 heterocycles. The molecule has 50 valence electrons. The summed E-state index contributed by atoms with van der Waals surface area (Å²) >= 11 is 0. The average molecular weight is 128 g/mol. The molecule has 4 heteroatoms. The molecule has 9 heavy (non-hydrogen) atoms. The van der Waals surface area contributed by atoms with Crippen molar-refractivity contribution >= 4 is 5.88 Å². The van der Waals surface area contributed by atoms with Crippen LogP contribution >= 0.6 is 0 Å². The maximum Gasteiger partial charge on any atom is 0.224 e. The van der Waals surface area contributed by atoms with Crippen LogP contribution in [0, 0.1) is 0 Å². The fraction of sp³-hybridized carbons (Fsp3) is 0.400. The maximum absolute atomic E-state index is 8.50. The van der Waals surface area contributed by atoms with Crippen LogP contribution in [0.15, 0.2) is 10.6 Å². The van der Waals surface area contributed by atoms with Crippen molar-refractivity contribution in [1.82, 2.24) is 5.16 Å². The van der Waals surface area contributed by atoms with Crippen LogP contribution in [0.5, 0.6) is 0 Å². The molecule has 0 amide bonds. The van der Waals surface area contributed by atoms with Gasteiger partial charge in [0.25, 0.3) is 0 Å². The van der Waals surface area contributed by atoms with Gasteiger partial charge < -0.3 is 14.9 Å². The highest BCUT2D eigenvalue weighted by Gasteiger charge is 1.97. The first kappa shape index (κ1) is 6.10. The zero-order chi connectivity index (χ0) is 6.69. The minimum atomic E-state index is -0.0782. The van der Waals surface area contributed by atoms with Crippen LogP contribution in [0.25, 0.3) is 0 Å². The topological polar surface area (TPSA) is 58.3 Å². The summed E-state index contributed by atoms with van der Waals surface area (Å²) in [5, 5.41) is 14.8. The third kappa shape index (κ3) is 1.20. The molecular weight excluding hydrogens is 120 g/mol. The largest absolute Gasteiger partial charge is 0.390 e. The van der Waals surface area contributed by atoms with E-state index in [9.17, 15) is 0 Å². The lowest BCUT2D eigenvalue weighted by Crippen LogP contribution is -1.82. The Morgan fingerprint density at radius 3 is 3.00 bits per heavy atom. The van der Waals surface area contributed by atoms with Crippen LogP contribution < -0.4 is 5.32 Å². The van der Waals surface area contributed by atoms with Crippen molar-refractivity contribution < 1.29 is 9.63 Å². The van der Waals surface area contributed by atoms with Crippen LogP contribution in [0.3, 0.4) is 0 Å². The molecule has 0 bridgehead atoms. The van der Waals surface area contributed by atoms with Crippen molar-refractivity contribution in [2.24, 2.45) is 0 Å². The molecule has 0 aliphatic rings. The molecule has 0 radical (unpaired) electrons.